The Morgan fingerprint density at radius 2 is 1.96 bits per heavy atom. The lowest BCUT2D eigenvalue weighted by Gasteiger charge is -2.36. The maximum atomic E-state index is 12.3. The highest BCUT2D eigenvalue weighted by Gasteiger charge is 2.43. The molecule has 1 aliphatic heterocycles. The summed E-state index contributed by atoms with van der Waals surface area (Å²) in [6, 6.07) is 7.72. The highest BCUT2D eigenvalue weighted by Crippen LogP contribution is 2.41. The van der Waals surface area contributed by atoms with Crippen LogP contribution in [0.5, 0.6) is 5.75 Å². The minimum atomic E-state index is -0.528. The van der Waals surface area contributed by atoms with Crippen LogP contribution in [0.3, 0.4) is 0 Å². The van der Waals surface area contributed by atoms with Crippen LogP contribution in [0.2, 0.25) is 0 Å². The van der Waals surface area contributed by atoms with Crippen molar-refractivity contribution in [2.75, 3.05) is 34.0 Å². The quantitative estimate of drug-likeness (QED) is 0.414. The van der Waals surface area contributed by atoms with E-state index in [0.717, 1.165) is 30.6 Å². The maximum Gasteiger partial charge on any atom is 0.333 e. The molecule has 1 aromatic rings. The SMILES string of the molecule is COC(=O)/C(=C\COCc1ccc(OC)cc1)[C@@H]1CCCC2(C1)OCCO2. The molecule has 0 aromatic heterocycles. The van der Waals surface area contributed by atoms with E-state index in [2.05, 4.69) is 0 Å². The number of hydrogen-bond donors (Lipinski definition) is 0. The molecule has 1 saturated heterocycles. The van der Waals surface area contributed by atoms with E-state index in [0.29, 0.717) is 38.4 Å². The van der Waals surface area contributed by atoms with Gasteiger partial charge in [-0.05, 0) is 42.5 Å². The minimum absolute atomic E-state index is 0.0638. The number of rotatable bonds is 7. The van der Waals surface area contributed by atoms with Crippen molar-refractivity contribution in [1.82, 2.24) is 0 Å². The van der Waals surface area contributed by atoms with E-state index in [9.17, 15) is 4.79 Å². The fourth-order valence-electron chi connectivity index (χ4n) is 3.80. The topological polar surface area (TPSA) is 63.2 Å². The Kier molecular flexibility index (Phi) is 6.88. The Hall–Kier alpha value is -1.89. The summed E-state index contributed by atoms with van der Waals surface area (Å²) in [7, 11) is 3.05. The summed E-state index contributed by atoms with van der Waals surface area (Å²) in [5.41, 5.74) is 1.71. The molecule has 0 bridgehead atoms. The predicted octanol–water partition coefficient (Wildman–Crippen LogP) is 3.24. The van der Waals surface area contributed by atoms with Crippen LogP contribution < -0.4 is 4.74 Å². The second-order valence-electron chi connectivity index (χ2n) is 6.92. The predicted molar refractivity (Wildman–Crippen MR) is 99.3 cm³/mol. The third-order valence-electron chi connectivity index (χ3n) is 5.19. The monoisotopic (exact) mass is 376 g/mol. The highest BCUT2D eigenvalue weighted by molar-refractivity contribution is 5.89. The average Bonchev–Trinajstić information content (AvgIpc) is 3.15. The molecule has 0 radical (unpaired) electrons. The summed E-state index contributed by atoms with van der Waals surface area (Å²) in [4.78, 5) is 12.3. The zero-order chi connectivity index (χ0) is 19.1. The Morgan fingerprint density at radius 1 is 1.22 bits per heavy atom. The number of carbonyl (C=O) groups excluding carboxylic acids is 1. The molecule has 6 nitrogen and oxygen atoms in total. The van der Waals surface area contributed by atoms with E-state index in [-0.39, 0.29) is 11.9 Å². The highest BCUT2D eigenvalue weighted by atomic mass is 16.7. The Morgan fingerprint density at radius 3 is 2.63 bits per heavy atom. The normalized spacial score (nSPS) is 22.0. The van der Waals surface area contributed by atoms with Gasteiger partial charge in [0.25, 0.3) is 0 Å². The lowest BCUT2D eigenvalue weighted by atomic mass is 9.80. The van der Waals surface area contributed by atoms with Gasteiger partial charge in [-0.25, -0.2) is 4.79 Å². The molecular formula is C21H28O6. The number of carbonyl (C=O) groups is 1. The van der Waals surface area contributed by atoms with Crippen molar-refractivity contribution in [3.63, 3.8) is 0 Å². The Bertz CT molecular complexity index is 645. The van der Waals surface area contributed by atoms with Gasteiger partial charge in [0.15, 0.2) is 5.79 Å². The molecule has 1 aliphatic carbocycles. The molecule has 1 atom stereocenters. The van der Waals surface area contributed by atoms with E-state index in [1.54, 1.807) is 7.11 Å². The largest absolute Gasteiger partial charge is 0.497 e. The van der Waals surface area contributed by atoms with Crippen LogP contribution in [0.25, 0.3) is 0 Å². The van der Waals surface area contributed by atoms with Crippen molar-refractivity contribution < 1.29 is 28.5 Å². The lowest BCUT2D eigenvalue weighted by Crippen LogP contribution is -2.38. The van der Waals surface area contributed by atoms with Gasteiger partial charge in [0, 0.05) is 18.4 Å². The van der Waals surface area contributed by atoms with E-state index in [1.807, 2.05) is 30.3 Å². The van der Waals surface area contributed by atoms with Gasteiger partial charge < -0.3 is 23.7 Å². The van der Waals surface area contributed by atoms with Crippen molar-refractivity contribution in [2.24, 2.45) is 5.92 Å². The van der Waals surface area contributed by atoms with E-state index >= 15 is 0 Å². The molecule has 1 spiro atoms. The first-order valence-corrected chi connectivity index (χ1v) is 9.43. The summed E-state index contributed by atoms with van der Waals surface area (Å²) < 4.78 is 27.6. The Labute approximate surface area is 160 Å². The summed E-state index contributed by atoms with van der Waals surface area (Å²) >= 11 is 0. The van der Waals surface area contributed by atoms with Crippen LogP contribution in [0, 0.1) is 5.92 Å². The molecule has 6 heteroatoms. The fourth-order valence-corrected chi connectivity index (χ4v) is 3.80. The van der Waals surface area contributed by atoms with Gasteiger partial charge in [-0.2, -0.15) is 0 Å². The van der Waals surface area contributed by atoms with Gasteiger partial charge in [0.05, 0.1) is 40.6 Å². The van der Waals surface area contributed by atoms with E-state index in [1.165, 1.54) is 7.11 Å². The summed E-state index contributed by atoms with van der Waals surface area (Å²) in [6.07, 6.45) is 5.30. The first kappa shape index (κ1) is 19.9. The molecule has 2 aliphatic rings. The van der Waals surface area contributed by atoms with Crippen molar-refractivity contribution in [3.05, 3.63) is 41.5 Å². The summed E-state index contributed by atoms with van der Waals surface area (Å²) in [6.45, 7) is 2.06. The second-order valence-corrected chi connectivity index (χ2v) is 6.92. The van der Waals surface area contributed by atoms with Gasteiger partial charge in [-0.3, -0.25) is 0 Å². The second kappa shape index (κ2) is 9.35. The molecule has 2 fully saturated rings. The summed E-state index contributed by atoms with van der Waals surface area (Å²) in [5, 5.41) is 0. The van der Waals surface area contributed by atoms with E-state index in [4.69, 9.17) is 23.7 Å². The molecule has 1 saturated carbocycles. The van der Waals surface area contributed by atoms with Crippen LogP contribution in [-0.4, -0.2) is 45.8 Å². The van der Waals surface area contributed by atoms with Crippen LogP contribution >= 0.6 is 0 Å². The molecule has 1 heterocycles. The molecule has 0 N–H and O–H groups in total. The van der Waals surface area contributed by atoms with E-state index < -0.39 is 5.79 Å². The first-order valence-electron chi connectivity index (χ1n) is 9.43. The first-order chi connectivity index (χ1) is 13.2. The zero-order valence-corrected chi connectivity index (χ0v) is 16.1. The number of esters is 1. The van der Waals surface area contributed by atoms with Gasteiger partial charge in [0.2, 0.25) is 0 Å². The minimum Gasteiger partial charge on any atom is -0.497 e. The Balaban J connectivity index is 1.59. The standard InChI is InChI=1S/C21H28O6/c1-23-18-7-5-16(6-8-18)15-25-11-9-19(20(22)24-2)17-4-3-10-21(14-17)26-12-13-27-21/h5-9,17H,3-4,10-15H2,1-2H3/b19-9-/t17-/m1/s1. The van der Waals surface area contributed by atoms with Crippen molar-refractivity contribution in [2.45, 2.75) is 38.1 Å². The lowest BCUT2D eigenvalue weighted by molar-refractivity contribution is -0.184. The van der Waals surface area contributed by atoms with Gasteiger partial charge in [0.1, 0.15) is 5.75 Å². The zero-order valence-electron chi connectivity index (χ0n) is 16.1. The van der Waals surface area contributed by atoms with Gasteiger partial charge in [-0.15, -0.1) is 0 Å². The number of hydrogen-bond acceptors (Lipinski definition) is 6. The van der Waals surface area contributed by atoms with Crippen LogP contribution in [0.1, 0.15) is 31.2 Å². The molecule has 1 aromatic carbocycles. The third-order valence-corrected chi connectivity index (χ3v) is 5.19. The smallest absolute Gasteiger partial charge is 0.333 e. The van der Waals surface area contributed by atoms with Crippen molar-refractivity contribution in [1.29, 1.82) is 0 Å². The van der Waals surface area contributed by atoms with Gasteiger partial charge in [-0.1, -0.05) is 12.1 Å². The number of ether oxygens (including phenoxy) is 5. The molecule has 27 heavy (non-hydrogen) atoms. The molecule has 0 unspecified atom stereocenters. The molecule has 3 rings (SSSR count). The molecule has 0 amide bonds. The van der Waals surface area contributed by atoms with Crippen molar-refractivity contribution >= 4 is 5.97 Å². The molecular weight excluding hydrogens is 348 g/mol. The molecule has 148 valence electrons. The average molecular weight is 376 g/mol. The maximum absolute atomic E-state index is 12.3. The van der Waals surface area contributed by atoms with Gasteiger partial charge >= 0.3 is 5.97 Å². The van der Waals surface area contributed by atoms with Crippen molar-refractivity contribution in [3.8, 4) is 5.75 Å². The number of benzene rings is 1. The summed E-state index contributed by atoms with van der Waals surface area (Å²) in [5.74, 6) is 0.0474. The van der Waals surface area contributed by atoms with Crippen LogP contribution in [0.4, 0.5) is 0 Å². The number of methoxy groups -OCH3 is 2. The van der Waals surface area contributed by atoms with Crippen LogP contribution in [0.15, 0.2) is 35.9 Å². The third kappa shape index (κ3) is 5.09. The van der Waals surface area contributed by atoms with Crippen LogP contribution in [-0.2, 0) is 30.3 Å². The fraction of sp³-hybridized carbons (Fsp3) is 0.571.